The van der Waals surface area contributed by atoms with Crippen LogP contribution in [-0.4, -0.2) is 80.5 Å². The number of benzene rings is 1. The number of nitrogens with one attached hydrogen (secondary N) is 4. The van der Waals surface area contributed by atoms with Crippen molar-refractivity contribution < 1.29 is 34.2 Å². The number of rotatable bonds is 17. The third-order valence-electron chi connectivity index (χ3n) is 5.94. The topological polar surface area (TPSA) is 269 Å². The van der Waals surface area contributed by atoms with E-state index >= 15 is 0 Å². The number of carbonyl (C=O) groups excluding carboxylic acids is 4. The van der Waals surface area contributed by atoms with E-state index in [1.807, 2.05) is 0 Å². The van der Waals surface area contributed by atoms with Crippen LogP contribution in [0, 0.1) is 0 Å². The summed E-state index contributed by atoms with van der Waals surface area (Å²) in [6.45, 7) is 0.365. The van der Waals surface area contributed by atoms with Gasteiger partial charge < -0.3 is 48.3 Å². The maximum atomic E-state index is 13.3. The van der Waals surface area contributed by atoms with Crippen LogP contribution in [0.25, 0.3) is 0 Å². The first-order valence-corrected chi connectivity index (χ1v) is 12.6. The summed E-state index contributed by atoms with van der Waals surface area (Å²) in [4.78, 5) is 68.6. The van der Waals surface area contributed by atoms with E-state index in [1.165, 1.54) is 24.7 Å². The van der Waals surface area contributed by atoms with Crippen molar-refractivity contribution in [2.75, 3.05) is 6.54 Å². The van der Waals surface area contributed by atoms with E-state index in [9.17, 15) is 34.2 Å². The fourth-order valence-corrected chi connectivity index (χ4v) is 3.79. The molecule has 0 aliphatic heterocycles. The Hall–Kier alpha value is -4.50. The number of hydrogen-bond acceptors (Lipinski definition) is 9. The van der Waals surface area contributed by atoms with Crippen molar-refractivity contribution in [1.82, 2.24) is 25.9 Å². The smallest absolute Gasteiger partial charge is 0.326 e. The zero-order chi connectivity index (χ0) is 29.7. The number of carboxylic acid groups (broad SMARTS) is 1. The minimum absolute atomic E-state index is 0.0661. The molecule has 40 heavy (non-hydrogen) atoms. The van der Waals surface area contributed by atoms with Gasteiger partial charge in [0, 0.05) is 18.3 Å². The molecule has 15 nitrogen and oxygen atoms in total. The first kappa shape index (κ1) is 31.7. The first-order valence-electron chi connectivity index (χ1n) is 12.6. The quantitative estimate of drug-likeness (QED) is 0.0939. The Balaban J connectivity index is 2.17. The summed E-state index contributed by atoms with van der Waals surface area (Å²) < 4.78 is 0. The fraction of sp³-hybridized carbons (Fsp3) is 0.440. The van der Waals surface area contributed by atoms with Gasteiger partial charge >= 0.3 is 5.97 Å². The van der Waals surface area contributed by atoms with Gasteiger partial charge in [-0.15, -0.1) is 0 Å². The number of H-pyrrole nitrogens is 1. The number of unbranched alkanes of at least 4 members (excludes halogenated alkanes) is 1. The molecule has 4 atom stereocenters. The van der Waals surface area contributed by atoms with Gasteiger partial charge in [-0.25, -0.2) is 9.78 Å². The van der Waals surface area contributed by atoms with Crippen molar-refractivity contribution >= 4 is 29.6 Å². The number of aliphatic carboxylic acids is 1. The monoisotopic (exact) mass is 560 g/mol. The van der Waals surface area contributed by atoms with Gasteiger partial charge in [0.05, 0.1) is 18.8 Å². The number of phenolic OH excluding ortho intramolecular Hbond substituents is 1. The van der Waals surface area contributed by atoms with Gasteiger partial charge in [-0.3, -0.25) is 19.2 Å². The van der Waals surface area contributed by atoms with E-state index in [1.54, 1.807) is 12.1 Å². The summed E-state index contributed by atoms with van der Waals surface area (Å²) in [6, 6.07) is 1.18. The van der Waals surface area contributed by atoms with E-state index in [4.69, 9.17) is 17.2 Å². The SMILES string of the molecule is NCCCCC(NC(=O)C(N)Cc1ccc(O)cc1)C(=O)NC(Cc1cnc[nH]1)C(=O)NC(CC(N)=O)C(=O)O. The normalized spacial score (nSPS) is 13.8. The second kappa shape index (κ2) is 15.8. The molecule has 2 aromatic rings. The largest absolute Gasteiger partial charge is 0.508 e. The molecule has 1 heterocycles. The first-order chi connectivity index (χ1) is 19.0. The lowest BCUT2D eigenvalue weighted by Gasteiger charge is -2.25. The molecule has 218 valence electrons. The highest BCUT2D eigenvalue weighted by molar-refractivity contribution is 5.95. The molecule has 0 aliphatic rings. The van der Waals surface area contributed by atoms with Gasteiger partial charge in [-0.1, -0.05) is 12.1 Å². The van der Waals surface area contributed by atoms with E-state index in [-0.39, 0.29) is 25.0 Å². The van der Waals surface area contributed by atoms with Gasteiger partial charge in [0.1, 0.15) is 23.9 Å². The van der Waals surface area contributed by atoms with Crippen LogP contribution >= 0.6 is 0 Å². The molecule has 12 N–H and O–H groups in total. The maximum absolute atomic E-state index is 13.3. The number of imidazole rings is 1. The Kier molecular flexibility index (Phi) is 12.5. The Labute approximate surface area is 230 Å². The molecule has 1 aromatic heterocycles. The standard InChI is InChI=1S/C25H36N8O7/c26-8-2-1-3-18(31-22(36)17(27)9-14-4-6-16(34)7-5-14)23(37)32-19(10-15-12-29-13-30-15)24(38)33-20(25(39)40)11-21(28)35/h4-7,12-13,17-20,34H,1-3,8-11,26-27H2,(H2,28,35)(H,29,30)(H,31,36)(H,32,37)(H,33,38)(H,39,40). The average Bonchev–Trinajstić information content (AvgIpc) is 3.41. The average molecular weight is 561 g/mol. The molecule has 0 spiro atoms. The summed E-state index contributed by atoms with van der Waals surface area (Å²) in [5.41, 5.74) is 17.9. The highest BCUT2D eigenvalue weighted by atomic mass is 16.4. The van der Waals surface area contributed by atoms with Crippen LogP contribution in [0.5, 0.6) is 5.75 Å². The number of hydrogen-bond donors (Lipinski definition) is 9. The predicted molar refractivity (Wildman–Crippen MR) is 142 cm³/mol. The van der Waals surface area contributed by atoms with Gasteiger partial charge in [0.15, 0.2) is 0 Å². The van der Waals surface area contributed by atoms with Crippen molar-refractivity contribution in [2.24, 2.45) is 17.2 Å². The maximum Gasteiger partial charge on any atom is 0.326 e. The molecule has 0 fully saturated rings. The van der Waals surface area contributed by atoms with Gasteiger partial charge in [0.25, 0.3) is 0 Å². The molecule has 0 saturated heterocycles. The Morgan fingerprint density at radius 3 is 2.10 bits per heavy atom. The second-order valence-electron chi connectivity index (χ2n) is 9.23. The number of aromatic hydroxyl groups is 1. The van der Waals surface area contributed by atoms with Crippen LogP contribution in [0.1, 0.15) is 36.9 Å². The Morgan fingerprint density at radius 1 is 0.900 bits per heavy atom. The highest BCUT2D eigenvalue weighted by Gasteiger charge is 2.31. The van der Waals surface area contributed by atoms with Crippen LogP contribution in [0.2, 0.25) is 0 Å². The molecular weight excluding hydrogens is 524 g/mol. The third-order valence-corrected chi connectivity index (χ3v) is 5.94. The summed E-state index contributed by atoms with van der Waals surface area (Å²) in [7, 11) is 0. The summed E-state index contributed by atoms with van der Waals surface area (Å²) in [6.07, 6.45) is 3.44. The van der Waals surface area contributed by atoms with Gasteiger partial charge in [0.2, 0.25) is 23.6 Å². The number of aromatic amines is 1. The third kappa shape index (κ3) is 10.7. The minimum atomic E-state index is -1.61. The number of nitrogens with two attached hydrogens (primary N) is 3. The van der Waals surface area contributed by atoms with Crippen molar-refractivity contribution in [2.45, 2.75) is 62.7 Å². The van der Waals surface area contributed by atoms with Crippen molar-refractivity contribution in [3.05, 3.63) is 48.0 Å². The molecule has 4 unspecified atom stereocenters. The number of primary amides is 1. The van der Waals surface area contributed by atoms with Gasteiger partial charge in [-0.05, 0) is 49.9 Å². The number of carbonyl (C=O) groups is 5. The molecule has 0 aliphatic carbocycles. The molecule has 0 saturated carbocycles. The van der Waals surface area contributed by atoms with Crippen LogP contribution in [0.15, 0.2) is 36.8 Å². The number of carboxylic acids is 1. The number of aromatic nitrogens is 2. The van der Waals surface area contributed by atoms with E-state index < -0.39 is 60.2 Å². The Morgan fingerprint density at radius 2 is 1.52 bits per heavy atom. The van der Waals surface area contributed by atoms with E-state index in [2.05, 4.69) is 25.9 Å². The van der Waals surface area contributed by atoms with Crippen LogP contribution in [0.4, 0.5) is 0 Å². The minimum Gasteiger partial charge on any atom is -0.508 e. The van der Waals surface area contributed by atoms with E-state index in [0.717, 1.165) is 0 Å². The summed E-state index contributed by atoms with van der Waals surface area (Å²) in [5.74, 6) is -4.54. The fourth-order valence-electron chi connectivity index (χ4n) is 3.79. The van der Waals surface area contributed by atoms with Crippen molar-refractivity contribution in [1.29, 1.82) is 0 Å². The molecule has 1 aromatic carbocycles. The van der Waals surface area contributed by atoms with Crippen LogP contribution < -0.4 is 33.2 Å². The zero-order valence-electron chi connectivity index (χ0n) is 21.8. The lowest BCUT2D eigenvalue weighted by molar-refractivity contribution is -0.143. The molecule has 0 bridgehead atoms. The van der Waals surface area contributed by atoms with Crippen molar-refractivity contribution in [3.8, 4) is 5.75 Å². The lowest BCUT2D eigenvalue weighted by Crippen LogP contribution is -2.58. The molecule has 0 radical (unpaired) electrons. The zero-order valence-corrected chi connectivity index (χ0v) is 21.8. The predicted octanol–water partition coefficient (Wildman–Crippen LogP) is -2.23. The lowest BCUT2D eigenvalue weighted by atomic mass is 10.0. The molecular formula is C25H36N8O7. The highest BCUT2D eigenvalue weighted by Crippen LogP contribution is 2.11. The number of amides is 4. The van der Waals surface area contributed by atoms with Crippen LogP contribution in [0.3, 0.4) is 0 Å². The van der Waals surface area contributed by atoms with E-state index in [0.29, 0.717) is 30.6 Å². The van der Waals surface area contributed by atoms with Gasteiger partial charge in [-0.2, -0.15) is 0 Å². The summed E-state index contributed by atoms with van der Waals surface area (Å²) >= 11 is 0. The molecule has 2 rings (SSSR count). The molecule has 15 heteroatoms. The second-order valence-corrected chi connectivity index (χ2v) is 9.23. The number of nitrogens with zero attached hydrogens (tertiary/aromatic N) is 1. The van der Waals surface area contributed by atoms with Crippen LogP contribution in [-0.2, 0) is 36.8 Å². The molecule has 4 amide bonds. The summed E-state index contributed by atoms with van der Waals surface area (Å²) in [5, 5.41) is 26.2. The number of phenols is 1. The Bertz CT molecular complexity index is 1140. The van der Waals surface area contributed by atoms with Crippen molar-refractivity contribution in [3.63, 3.8) is 0 Å².